The lowest BCUT2D eigenvalue weighted by Crippen LogP contribution is -2.54. The van der Waals surface area contributed by atoms with Gasteiger partial charge in [-0.15, -0.1) is 11.6 Å². The van der Waals surface area contributed by atoms with Crippen LogP contribution in [0, 0.1) is 63.6 Å². The maximum atomic E-state index is 10.1. The molecule has 4 unspecified atom stereocenters. The molecule has 10 N–H and O–H groups in total. The van der Waals surface area contributed by atoms with Crippen LogP contribution >= 0.6 is 11.6 Å². The SMILES string of the molecule is C=C1CCC2[C@H](CN)C([C@@]3(C)CC[C@H](O)C[C@@H]3CO)CC[C@]12C.C=C1CCC2[C@H](CN=C(N)N)C([C@@]3(Cl)CC[C@H](O)C[C@@H]3CO)CC[C@]12C. The Bertz CT molecular complexity index is 1230. The van der Waals surface area contributed by atoms with E-state index in [1.54, 1.807) is 0 Å². The topological polar surface area (TPSA) is 171 Å². The van der Waals surface area contributed by atoms with E-state index in [2.05, 4.69) is 38.9 Å². The number of hydrogen-bond donors (Lipinski definition) is 7. The molecular formula is C40H69ClN4O4. The van der Waals surface area contributed by atoms with Gasteiger partial charge in [-0.3, -0.25) is 4.99 Å². The number of guanidine groups is 1. The number of aliphatic hydroxyl groups excluding tert-OH is 4. The first kappa shape index (κ1) is 39.1. The molecule has 0 aromatic heterocycles. The smallest absolute Gasteiger partial charge is 0.185 e. The van der Waals surface area contributed by atoms with Crippen LogP contribution in [0.3, 0.4) is 0 Å². The molecule has 0 heterocycles. The summed E-state index contributed by atoms with van der Waals surface area (Å²) in [4.78, 5) is 3.88. The summed E-state index contributed by atoms with van der Waals surface area (Å²) >= 11 is 7.26. The fraction of sp³-hybridized carbons (Fsp3) is 0.875. The quantitative estimate of drug-likeness (QED) is 0.0795. The van der Waals surface area contributed by atoms with Gasteiger partial charge < -0.3 is 37.6 Å². The zero-order valence-corrected chi connectivity index (χ0v) is 31.5. The van der Waals surface area contributed by atoms with Gasteiger partial charge in [-0.1, -0.05) is 45.1 Å². The number of hydrogen-bond acceptors (Lipinski definition) is 6. The van der Waals surface area contributed by atoms with Crippen LogP contribution in [-0.2, 0) is 0 Å². The van der Waals surface area contributed by atoms with E-state index in [-0.39, 0.29) is 71.3 Å². The number of allylic oxidation sites excluding steroid dienone is 2. The van der Waals surface area contributed by atoms with Crippen LogP contribution in [0.25, 0.3) is 0 Å². The van der Waals surface area contributed by atoms with E-state index in [9.17, 15) is 20.4 Å². The van der Waals surface area contributed by atoms with Crippen LogP contribution in [0.4, 0.5) is 0 Å². The Morgan fingerprint density at radius 2 is 1.24 bits per heavy atom. The Kier molecular flexibility index (Phi) is 12.0. The number of nitrogens with two attached hydrogens (primary N) is 3. The lowest BCUT2D eigenvalue weighted by atomic mass is 9.49. The van der Waals surface area contributed by atoms with E-state index in [0.717, 1.165) is 64.3 Å². The Morgan fingerprint density at radius 1 is 0.735 bits per heavy atom. The van der Waals surface area contributed by atoms with Gasteiger partial charge in [0.2, 0.25) is 0 Å². The van der Waals surface area contributed by atoms with Gasteiger partial charge in [0, 0.05) is 25.7 Å². The van der Waals surface area contributed by atoms with Gasteiger partial charge in [-0.25, -0.2) is 0 Å². The molecule has 0 aromatic carbocycles. The highest BCUT2D eigenvalue weighted by Gasteiger charge is 2.58. The third-order valence-electron chi connectivity index (χ3n) is 16.0. The van der Waals surface area contributed by atoms with Crippen LogP contribution in [0.2, 0.25) is 0 Å². The van der Waals surface area contributed by atoms with Crippen molar-refractivity contribution in [2.24, 2.45) is 85.8 Å². The molecule has 280 valence electrons. The molecule has 0 aliphatic heterocycles. The van der Waals surface area contributed by atoms with Crippen molar-refractivity contribution in [1.29, 1.82) is 0 Å². The van der Waals surface area contributed by atoms with Gasteiger partial charge in [0.15, 0.2) is 5.96 Å². The van der Waals surface area contributed by atoms with Crippen LogP contribution < -0.4 is 17.2 Å². The van der Waals surface area contributed by atoms with Crippen molar-refractivity contribution in [3.63, 3.8) is 0 Å². The zero-order valence-electron chi connectivity index (χ0n) is 30.8. The summed E-state index contributed by atoms with van der Waals surface area (Å²) in [6.45, 7) is 17.3. The molecule has 6 rings (SSSR count). The van der Waals surface area contributed by atoms with E-state index in [0.29, 0.717) is 43.1 Å². The number of alkyl halides is 1. The highest BCUT2D eigenvalue weighted by molar-refractivity contribution is 6.24. The molecule has 9 heteroatoms. The number of nitrogens with zero attached hydrogens (tertiary/aromatic N) is 1. The van der Waals surface area contributed by atoms with E-state index in [1.807, 2.05) is 0 Å². The number of aliphatic imine (C=N–C) groups is 1. The molecule has 0 saturated heterocycles. The van der Waals surface area contributed by atoms with E-state index in [1.165, 1.54) is 30.4 Å². The first-order valence-corrected chi connectivity index (χ1v) is 19.9. The number of fused-ring (bicyclic) bond motifs is 2. The molecule has 8 nitrogen and oxygen atoms in total. The first-order valence-electron chi connectivity index (χ1n) is 19.5. The minimum atomic E-state index is -0.497. The van der Waals surface area contributed by atoms with Crippen molar-refractivity contribution >= 4 is 17.6 Å². The molecule has 6 fully saturated rings. The second-order valence-electron chi connectivity index (χ2n) is 18.0. The van der Waals surface area contributed by atoms with Crippen molar-refractivity contribution in [2.75, 3.05) is 26.3 Å². The van der Waals surface area contributed by atoms with Crippen LogP contribution in [0.5, 0.6) is 0 Å². The molecule has 0 radical (unpaired) electrons. The maximum absolute atomic E-state index is 10.1. The van der Waals surface area contributed by atoms with Gasteiger partial charge in [0.25, 0.3) is 0 Å². The molecule has 14 atom stereocenters. The summed E-state index contributed by atoms with van der Waals surface area (Å²) in [6.07, 6.45) is 13.1. The summed E-state index contributed by atoms with van der Waals surface area (Å²) < 4.78 is 0. The normalized spacial score (nSPS) is 48.3. The number of aliphatic hydroxyl groups is 4. The third kappa shape index (κ3) is 7.02. The highest BCUT2D eigenvalue weighted by atomic mass is 35.5. The fourth-order valence-corrected chi connectivity index (χ4v) is 13.3. The van der Waals surface area contributed by atoms with E-state index >= 15 is 0 Å². The molecule has 49 heavy (non-hydrogen) atoms. The van der Waals surface area contributed by atoms with Gasteiger partial charge in [0.05, 0.1) is 17.1 Å². The summed E-state index contributed by atoms with van der Waals surface area (Å²) in [5.74, 6) is 2.98. The largest absolute Gasteiger partial charge is 0.396 e. The first-order chi connectivity index (χ1) is 23.1. The van der Waals surface area contributed by atoms with Crippen LogP contribution in [-0.4, -0.2) is 69.8 Å². The molecule has 0 amide bonds. The second kappa shape index (κ2) is 15.1. The second-order valence-corrected chi connectivity index (χ2v) is 18.7. The van der Waals surface area contributed by atoms with E-state index < -0.39 is 4.87 Å². The summed E-state index contributed by atoms with van der Waals surface area (Å²) in [7, 11) is 0. The Morgan fingerprint density at radius 3 is 1.78 bits per heavy atom. The monoisotopic (exact) mass is 705 g/mol. The number of halogens is 1. The van der Waals surface area contributed by atoms with Gasteiger partial charge in [-0.2, -0.15) is 0 Å². The average Bonchev–Trinajstić information content (AvgIpc) is 3.55. The van der Waals surface area contributed by atoms with Crippen molar-refractivity contribution in [3.8, 4) is 0 Å². The van der Waals surface area contributed by atoms with Gasteiger partial charge >= 0.3 is 0 Å². The molecule has 6 aliphatic carbocycles. The van der Waals surface area contributed by atoms with Crippen LogP contribution in [0.15, 0.2) is 29.3 Å². The van der Waals surface area contributed by atoms with Gasteiger partial charge in [0.1, 0.15) is 0 Å². The maximum Gasteiger partial charge on any atom is 0.185 e. The Balaban J connectivity index is 0.000000192. The van der Waals surface area contributed by atoms with Gasteiger partial charge in [-0.05, 0) is 154 Å². The van der Waals surface area contributed by atoms with Crippen LogP contribution in [0.1, 0.15) is 111 Å². The molecular weight excluding hydrogens is 636 g/mol. The van der Waals surface area contributed by atoms with Crippen molar-refractivity contribution < 1.29 is 20.4 Å². The molecule has 6 aliphatic rings. The summed E-state index contributed by atoms with van der Waals surface area (Å²) in [5, 5.41) is 40.1. The van der Waals surface area contributed by atoms with E-state index in [4.69, 9.17) is 28.8 Å². The highest BCUT2D eigenvalue weighted by Crippen LogP contribution is 2.64. The minimum absolute atomic E-state index is 0.0146. The van der Waals surface area contributed by atoms with Crippen molar-refractivity contribution in [2.45, 2.75) is 128 Å². The predicted molar refractivity (Wildman–Crippen MR) is 200 cm³/mol. The molecule has 0 spiro atoms. The lowest BCUT2D eigenvalue weighted by molar-refractivity contribution is -0.0916. The zero-order chi connectivity index (χ0) is 35.9. The summed E-state index contributed by atoms with van der Waals surface area (Å²) in [5.41, 5.74) is 20.9. The fourth-order valence-electron chi connectivity index (χ4n) is 12.7. The minimum Gasteiger partial charge on any atom is -0.396 e. The molecule has 0 aromatic rings. The standard InChI is InChI=1S/C20H34ClN3O2.C20H35NO2/c1-12-3-4-16-15(10-24-18(22)23)17(6-7-19(12,16)2)20(21)8-5-14(26)9-13(20)11-25;1-13-4-5-17-16(11-21)18(7-9-19(13,17)2)20(3)8-6-15(23)10-14(20)12-22/h13-17,25-26H,1,3-11H2,2H3,(H4,22,23,24);14-18,22-23H,1,4-12,21H2,2-3H3/t13-,14+,15+,16?,17?,19-,20-;14-,15+,16+,17?,18?,19-,20+/m11/s1. The Hall–Kier alpha value is -1.16. The number of rotatable bonds is 7. The van der Waals surface area contributed by atoms with Crippen molar-refractivity contribution in [1.82, 2.24) is 0 Å². The van der Waals surface area contributed by atoms with Crippen molar-refractivity contribution in [3.05, 3.63) is 24.3 Å². The lowest BCUT2D eigenvalue weighted by Gasteiger charge is -2.56. The third-order valence-corrected chi connectivity index (χ3v) is 16.8. The Labute approximate surface area is 301 Å². The molecule has 6 saturated carbocycles. The average molecular weight is 705 g/mol. The predicted octanol–water partition coefficient (Wildman–Crippen LogP) is 5.49. The summed E-state index contributed by atoms with van der Waals surface area (Å²) in [6, 6.07) is 0. The molecule has 0 bridgehead atoms.